The van der Waals surface area contributed by atoms with Gasteiger partial charge in [0.15, 0.2) is 0 Å². The van der Waals surface area contributed by atoms with Crippen molar-refractivity contribution in [1.29, 1.82) is 0 Å². The molecular weight excluding hydrogens is 332 g/mol. The molecule has 3 aliphatic rings. The molecule has 118 valence electrons. The van der Waals surface area contributed by atoms with Crippen molar-refractivity contribution in [3.05, 3.63) is 11.8 Å². The molecule has 2 heterocycles. The third-order valence-electron chi connectivity index (χ3n) is 5.51. The number of alkyl halides is 1. The summed E-state index contributed by atoms with van der Waals surface area (Å²) in [7, 11) is 1.96. The molecule has 0 bridgehead atoms. The number of nitrogens with zero attached hydrogens (tertiary/aromatic N) is 2. The van der Waals surface area contributed by atoms with Gasteiger partial charge in [-0.15, -0.1) is 5.06 Å². The maximum absolute atomic E-state index is 12.7. The maximum atomic E-state index is 12.7. The first-order valence-corrected chi connectivity index (χ1v) is 9.05. The van der Waals surface area contributed by atoms with Crippen molar-refractivity contribution < 1.29 is 9.63 Å². The molecule has 4 nitrogen and oxygen atoms in total. The smallest absolute Gasteiger partial charge is 0.248 e. The molecule has 0 N–H and O–H groups in total. The molecule has 0 aromatic heterocycles. The zero-order chi connectivity index (χ0) is 15.4. The van der Waals surface area contributed by atoms with Crippen molar-refractivity contribution in [3.8, 4) is 0 Å². The summed E-state index contributed by atoms with van der Waals surface area (Å²) in [6.45, 7) is 6.82. The third kappa shape index (κ3) is 2.07. The molecule has 0 aromatic carbocycles. The van der Waals surface area contributed by atoms with Gasteiger partial charge in [0.2, 0.25) is 5.91 Å². The van der Waals surface area contributed by atoms with Gasteiger partial charge in [-0.3, -0.25) is 4.79 Å². The molecular formula is C16H25BrN2O2. The van der Waals surface area contributed by atoms with Gasteiger partial charge in [-0.1, -0.05) is 43.1 Å². The predicted molar refractivity (Wildman–Crippen MR) is 85.4 cm³/mol. The number of allylic oxidation sites excluding steroid dienone is 1. The summed E-state index contributed by atoms with van der Waals surface area (Å²) in [4.78, 5) is 20.8. The van der Waals surface area contributed by atoms with Gasteiger partial charge in [-0.2, -0.15) is 0 Å². The Morgan fingerprint density at radius 2 is 2.19 bits per heavy atom. The van der Waals surface area contributed by atoms with Crippen LogP contribution in [0.2, 0.25) is 0 Å². The molecule has 1 saturated heterocycles. The molecule has 0 radical (unpaired) electrons. The van der Waals surface area contributed by atoms with Crippen molar-refractivity contribution in [1.82, 2.24) is 9.96 Å². The van der Waals surface area contributed by atoms with E-state index < -0.39 is 0 Å². The summed E-state index contributed by atoms with van der Waals surface area (Å²) in [6, 6.07) is -0.242. The van der Waals surface area contributed by atoms with Gasteiger partial charge < -0.3 is 9.74 Å². The number of carbonyl (C=O) groups is 1. The molecule has 0 aromatic rings. The van der Waals surface area contributed by atoms with Crippen LogP contribution in [0, 0.1) is 17.8 Å². The minimum Gasteiger partial charge on any atom is -0.406 e. The summed E-state index contributed by atoms with van der Waals surface area (Å²) in [6.07, 6.45) is 5.37. The lowest BCUT2D eigenvalue weighted by molar-refractivity contribution is -0.237. The van der Waals surface area contributed by atoms with E-state index in [9.17, 15) is 4.79 Å². The van der Waals surface area contributed by atoms with E-state index in [1.165, 1.54) is 6.42 Å². The Kier molecular flexibility index (Phi) is 3.85. The Balaban J connectivity index is 2.03. The lowest BCUT2D eigenvalue weighted by Crippen LogP contribution is -2.61. The van der Waals surface area contributed by atoms with Crippen molar-refractivity contribution in [2.45, 2.75) is 51.7 Å². The molecule has 1 spiro atoms. The largest absolute Gasteiger partial charge is 0.406 e. The Labute approximate surface area is 135 Å². The van der Waals surface area contributed by atoms with Crippen LogP contribution in [0.5, 0.6) is 0 Å². The summed E-state index contributed by atoms with van der Waals surface area (Å²) < 4.78 is 0. The number of amides is 1. The molecule has 1 aliphatic carbocycles. The van der Waals surface area contributed by atoms with Crippen molar-refractivity contribution in [2.75, 3.05) is 12.4 Å². The van der Waals surface area contributed by atoms with Crippen LogP contribution in [0.25, 0.3) is 0 Å². The fraction of sp³-hybridized carbons (Fsp3) is 0.812. The summed E-state index contributed by atoms with van der Waals surface area (Å²) in [5, 5.41) is 2.67. The van der Waals surface area contributed by atoms with E-state index >= 15 is 0 Å². The highest BCUT2D eigenvalue weighted by Gasteiger charge is 2.63. The Morgan fingerprint density at radius 1 is 1.48 bits per heavy atom. The van der Waals surface area contributed by atoms with Gasteiger partial charge >= 0.3 is 0 Å². The second-order valence-corrected chi connectivity index (χ2v) is 7.70. The average Bonchev–Trinajstić information content (AvgIpc) is 2.95. The maximum Gasteiger partial charge on any atom is 0.248 e. The van der Waals surface area contributed by atoms with Crippen molar-refractivity contribution in [3.63, 3.8) is 0 Å². The van der Waals surface area contributed by atoms with Crippen LogP contribution in [0.1, 0.15) is 40.0 Å². The highest BCUT2D eigenvalue weighted by molar-refractivity contribution is 9.09. The van der Waals surface area contributed by atoms with Crippen LogP contribution in [0.15, 0.2) is 11.8 Å². The molecule has 0 unspecified atom stereocenters. The normalized spacial score (nSPS) is 39.9. The van der Waals surface area contributed by atoms with Crippen LogP contribution in [0.3, 0.4) is 0 Å². The van der Waals surface area contributed by atoms with Crippen LogP contribution in [-0.2, 0) is 9.63 Å². The summed E-state index contributed by atoms with van der Waals surface area (Å²) in [5.74, 6) is 2.64. The first-order chi connectivity index (χ1) is 9.91. The number of likely N-dealkylation sites (N-methyl/N-ethyl adjacent to an activating group) is 1. The molecule has 2 fully saturated rings. The zero-order valence-electron chi connectivity index (χ0n) is 13.3. The number of hydrogen-bond donors (Lipinski definition) is 0. The second kappa shape index (κ2) is 5.27. The van der Waals surface area contributed by atoms with Gasteiger partial charge in [0.1, 0.15) is 17.5 Å². The Hall–Kier alpha value is -0.550. The average molecular weight is 357 g/mol. The first-order valence-electron chi connectivity index (χ1n) is 7.93. The van der Waals surface area contributed by atoms with Crippen LogP contribution in [-0.4, -0.2) is 40.0 Å². The molecule has 1 amide bonds. The molecule has 5 heteroatoms. The van der Waals surface area contributed by atoms with E-state index in [-0.39, 0.29) is 17.6 Å². The van der Waals surface area contributed by atoms with Gasteiger partial charge in [0, 0.05) is 13.0 Å². The van der Waals surface area contributed by atoms with Gasteiger partial charge in [-0.05, 0) is 30.8 Å². The van der Waals surface area contributed by atoms with Gasteiger partial charge in [-0.25, -0.2) is 0 Å². The molecule has 2 aliphatic heterocycles. The van der Waals surface area contributed by atoms with E-state index in [2.05, 4.69) is 36.7 Å². The lowest BCUT2D eigenvalue weighted by atomic mass is 9.69. The lowest BCUT2D eigenvalue weighted by Gasteiger charge is -2.52. The Bertz CT molecular complexity index is 479. The third-order valence-corrected chi connectivity index (χ3v) is 6.06. The van der Waals surface area contributed by atoms with Crippen molar-refractivity contribution >= 4 is 21.8 Å². The first kappa shape index (κ1) is 15.3. The number of fused-ring (bicyclic) bond motifs is 2. The molecule has 3 rings (SSSR count). The Morgan fingerprint density at radius 3 is 2.81 bits per heavy atom. The SMILES string of the molecule is CC(C)[C@@H]1CC[C@@H](C)C[C@@]12N(C)C(=O)[C@@H]1C=C(CBr)ON12. The van der Waals surface area contributed by atoms with Crippen LogP contribution >= 0.6 is 15.9 Å². The predicted octanol–water partition coefficient (Wildman–Crippen LogP) is 3.14. The number of rotatable bonds is 2. The van der Waals surface area contributed by atoms with Crippen LogP contribution in [0.4, 0.5) is 0 Å². The van der Waals surface area contributed by atoms with Gasteiger partial charge in [0.05, 0.1) is 5.33 Å². The number of hydroxylamine groups is 2. The van der Waals surface area contributed by atoms with E-state index in [0.717, 1.165) is 18.6 Å². The zero-order valence-corrected chi connectivity index (χ0v) is 14.9. The summed E-state index contributed by atoms with van der Waals surface area (Å²) >= 11 is 3.44. The molecule has 21 heavy (non-hydrogen) atoms. The quantitative estimate of drug-likeness (QED) is 0.712. The van der Waals surface area contributed by atoms with E-state index in [1.54, 1.807) is 0 Å². The number of hydrogen-bond acceptors (Lipinski definition) is 3. The molecule has 1 saturated carbocycles. The van der Waals surface area contributed by atoms with E-state index in [1.807, 2.05) is 23.1 Å². The van der Waals surface area contributed by atoms with Gasteiger partial charge in [0.25, 0.3) is 0 Å². The summed E-state index contributed by atoms with van der Waals surface area (Å²) in [5.41, 5.74) is -0.284. The fourth-order valence-electron chi connectivity index (χ4n) is 4.52. The van der Waals surface area contributed by atoms with Crippen molar-refractivity contribution in [2.24, 2.45) is 17.8 Å². The number of carbonyl (C=O) groups excluding carboxylic acids is 1. The fourth-order valence-corrected chi connectivity index (χ4v) is 4.81. The highest BCUT2D eigenvalue weighted by Crippen LogP contribution is 2.52. The second-order valence-electron chi connectivity index (χ2n) is 7.14. The minimum atomic E-state index is -0.284. The van der Waals surface area contributed by atoms with E-state index in [0.29, 0.717) is 23.1 Å². The van der Waals surface area contributed by atoms with Crippen LogP contribution < -0.4 is 0 Å². The highest BCUT2D eigenvalue weighted by atomic mass is 79.9. The monoisotopic (exact) mass is 356 g/mol. The topological polar surface area (TPSA) is 32.8 Å². The minimum absolute atomic E-state index is 0.172. The molecule has 4 atom stereocenters. The standard InChI is InChI=1S/C16H25BrN2O2/c1-10(2)13-6-5-11(3)8-16(13)18(4)15(20)14-7-12(9-17)21-19(14)16/h7,10-11,13-14H,5-6,8-9H2,1-4H3/t11-,13+,14+,16+/m1/s1. The van der Waals surface area contributed by atoms with E-state index in [4.69, 9.17) is 4.84 Å². The number of halogens is 1.